The number of nitrogens with one attached hydrogen (secondary N) is 2. The van der Waals surface area contributed by atoms with E-state index in [1.165, 1.54) is 13.4 Å². The average Bonchev–Trinajstić information content (AvgIpc) is 3.25. The van der Waals surface area contributed by atoms with Gasteiger partial charge < -0.3 is 10.1 Å². The molecule has 3 heterocycles. The molecular weight excluding hydrogens is 316 g/mol. The summed E-state index contributed by atoms with van der Waals surface area (Å²) in [5.41, 5.74) is 3.59. The summed E-state index contributed by atoms with van der Waals surface area (Å²) in [7, 11) is 1.50. The largest absolute Gasteiger partial charge is 0.477 e. The Hall–Kier alpha value is -3.14. The van der Waals surface area contributed by atoms with Crippen LogP contribution in [0, 0.1) is 0 Å². The molecule has 4 rings (SSSR count). The van der Waals surface area contributed by atoms with Gasteiger partial charge in [-0.05, 0) is 18.2 Å². The van der Waals surface area contributed by atoms with Crippen molar-refractivity contribution >= 4 is 33.3 Å². The van der Waals surface area contributed by atoms with Crippen molar-refractivity contribution in [2.24, 2.45) is 0 Å². The van der Waals surface area contributed by atoms with Gasteiger partial charge in [-0.2, -0.15) is 10.1 Å². The molecule has 3 aromatic heterocycles. The summed E-state index contributed by atoms with van der Waals surface area (Å²) in [5.74, 6) is 1.58. The fourth-order valence-corrected chi connectivity index (χ4v) is 2.75. The van der Waals surface area contributed by atoms with E-state index in [-0.39, 0.29) is 5.88 Å². The van der Waals surface area contributed by atoms with E-state index in [1.807, 2.05) is 18.2 Å². The van der Waals surface area contributed by atoms with E-state index in [2.05, 4.69) is 40.7 Å². The molecule has 0 bridgehead atoms. The molecule has 0 radical (unpaired) electrons. The Labute approximate surface area is 133 Å². The maximum atomic E-state index is 5.17. The number of hydrogen-bond acceptors (Lipinski definition) is 9. The van der Waals surface area contributed by atoms with E-state index in [9.17, 15) is 0 Å². The number of benzene rings is 1. The minimum absolute atomic E-state index is 0.268. The Morgan fingerprint density at radius 2 is 2.17 bits per heavy atom. The SMILES string of the molecule is COc1nnc(-c2ccc3ncsc3c2)nc1Nc1ncn[nH]1. The van der Waals surface area contributed by atoms with Gasteiger partial charge in [-0.25, -0.2) is 15.1 Å². The van der Waals surface area contributed by atoms with Gasteiger partial charge in [-0.15, -0.1) is 21.5 Å². The Kier molecular flexibility index (Phi) is 3.27. The molecule has 4 aromatic rings. The normalized spacial score (nSPS) is 10.8. The fraction of sp³-hybridized carbons (Fsp3) is 0.0769. The maximum Gasteiger partial charge on any atom is 0.277 e. The first-order valence-electron chi connectivity index (χ1n) is 6.58. The molecular formula is C13H10N8OS. The third kappa shape index (κ3) is 2.55. The van der Waals surface area contributed by atoms with E-state index in [0.717, 1.165) is 15.8 Å². The van der Waals surface area contributed by atoms with Crippen LogP contribution in [0.4, 0.5) is 11.8 Å². The Balaban J connectivity index is 1.76. The van der Waals surface area contributed by atoms with Crippen LogP contribution in [-0.4, -0.2) is 42.5 Å². The quantitative estimate of drug-likeness (QED) is 0.585. The zero-order valence-electron chi connectivity index (χ0n) is 11.9. The number of H-pyrrole nitrogens is 1. The molecule has 0 saturated heterocycles. The molecule has 0 aliphatic carbocycles. The summed E-state index contributed by atoms with van der Waals surface area (Å²) in [6, 6.07) is 5.82. The highest BCUT2D eigenvalue weighted by molar-refractivity contribution is 7.16. The van der Waals surface area contributed by atoms with E-state index in [0.29, 0.717) is 17.6 Å². The number of aromatic nitrogens is 7. The highest BCUT2D eigenvalue weighted by atomic mass is 32.1. The molecule has 0 unspecified atom stereocenters. The number of thiazole rings is 1. The summed E-state index contributed by atoms with van der Waals surface area (Å²) < 4.78 is 6.24. The molecule has 1 aromatic carbocycles. The number of methoxy groups -OCH3 is 1. The van der Waals surface area contributed by atoms with Crippen LogP contribution in [0.3, 0.4) is 0 Å². The molecule has 23 heavy (non-hydrogen) atoms. The van der Waals surface area contributed by atoms with Crippen molar-refractivity contribution in [3.63, 3.8) is 0 Å². The third-order valence-corrected chi connectivity index (χ3v) is 3.88. The molecule has 114 valence electrons. The van der Waals surface area contributed by atoms with Crippen molar-refractivity contribution in [1.29, 1.82) is 0 Å². The summed E-state index contributed by atoms with van der Waals surface area (Å²) in [6.07, 6.45) is 1.39. The lowest BCUT2D eigenvalue weighted by molar-refractivity contribution is 0.392. The molecule has 0 aliphatic heterocycles. The zero-order valence-corrected chi connectivity index (χ0v) is 12.7. The molecule has 2 N–H and O–H groups in total. The van der Waals surface area contributed by atoms with E-state index < -0.39 is 0 Å². The second-order valence-corrected chi connectivity index (χ2v) is 5.37. The topological polar surface area (TPSA) is 114 Å². The number of fused-ring (bicyclic) bond motifs is 1. The number of rotatable bonds is 4. The fourth-order valence-electron chi connectivity index (χ4n) is 2.03. The van der Waals surface area contributed by atoms with Crippen LogP contribution in [0.25, 0.3) is 21.6 Å². The van der Waals surface area contributed by atoms with Crippen LogP contribution in [-0.2, 0) is 0 Å². The highest BCUT2D eigenvalue weighted by Crippen LogP contribution is 2.27. The second kappa shape index (κ2) is 5.57. The monoisotopic (exact) mass is 326 g/mol. The van der Waals surface area contributed by atoms with Gasteiger partial charge >= 0.3 is 0 Å². The molecule has 0 aliphatic rings. The van der Waals surface area contributed by atoms with Crippen LogP contribution < -0.4 is 10.1 Å². The standard InChI is InChI=1S/C13H10N8OS/c1-22-12-11(18-13-14-5-16-21-13)17-10(19-20-12)7-2-3-8-9(4-7)23-6-15-8/h2-6H,1H3,(H2,14,16,17,18,19,21). The van der Waals surface area contributed by atoms with Crippen LogP contribution in [0.15, 0.2) is 30.0 Å². The summed E-state index contributed by atoms with van der Waals surface area (Å²) in [4.78, 5) is 12.7. The number of ether oxygens (including phenoxy) is 1. The van der Waals surface area contributed by atoms with Gasteiger partial charge in [0, 0.05) is 5.56 Å². The minimum atomic E-state index is 0.268. The Morgan fingerprint density at radius 3 is 3.00 bits per heavy atom. The summed E-state index contributed by atoms with van der Waals surface area (Å²) in [6.45, 7) is 0. The van der Waals surface area contributed by atoms with Crippen LogP contribution >= 0.6 is 11.3 Å². The van der Waals surface area contributed by atoms with E-state index in [4.69, 9.17) is 4.74 Å². The number of aromatic amines is 1. The molecule has 0 atom stereocenters. The van der Waals surface area contributed by atoms with Gasteiger partial charge in [0.15, 0.2) is 11.6 Å². The molecule has 0 amide bonds. The van der Waals surface area contributed by atoms with Crippen molar-refractivity contribution in [2.45, 2.75) is 0 Å². The van der Waals surface area contributed by atoms with E-state index >= 15 is 0 Å². The molecule has 0 saturated carbocycles. The second-order valence-electron chi connectivity index (χ2n) is 4.49. The average molecular weight is 326 g/mol. The predicted octanol–water partition coefficient (Wildman–Crippen LogP) is 2.02. The van der Waals surface area contributed by atoms with Gasteiger partial charge in [-0.1, -0.05) is 0 Å². The maximum absolute atomic E-state index is 5.17. The molecule has 10 heteroatoms. The summed E-state index contributed by atoms with van der Waals surface area (Å²) >= 11 is 1.56. The smallest absolute Gasteiger partial charge is 0.277 e. The van der Waals surface area contributed by atoms with Crippen molar-refractivity contribution < 1.29 is 4.74 Å². The Morgan fingerprint density at radius 1 is 1.22 bits per heavy atom. The van der Waals surface area contributed by atoms with Crippen LogP contribution in [0.1, 0.15) is 0 Å². The number of nitrogens with zero attached hydrogens (tertiary/aromatic N) is 6. The first-order chi connectivity index (χ1) is 11.3. The van der Waals surface area contributed by atoms with Crippen LogP contribution in [0.5, 0.6) is 5.88 Å². The van der Waals surface area contributed by atoms with Crippen molar-refractivity contribution in [3.05, 3.63) is 30.0 Å². The van der Waals surface area contributed by atoms with Gasteiger partial charge in [0.2, 0.25) is 5.95 Å². The van der Waals surface area contributed by atoms with Gasteiger partial charge in [0.05, 0.1) is 22.8 Å². The highest BCUT2D eigenvalue weighted by Gasteiger charge is 2.13. The predicted molar refractivity (Wildman–Crippen MR) is 84.7 cm³/mol. The first-order valence-corrected chi connectivity index (χ1v) is 7.46. The lowest BCUT2D eigenvalue weighted by Crippen LogP contribution is -2.04. The third-order valence-electron chi connectivity index (χ3n) is 3.09. The molecule has 0 fully saturated rings. The van der Waals surface area contributed by atoms with Crippen molar-refractivity contribution in [1.82, 2.24) is 35.3 Å². The van der Waals surface area contributed by atoms with Crippen molar-refractivity contribution in [2.75, 3.05) is 12.4 Å². The minimum Gasteiger partial charge on any atom is -0.477 e. The van der Waals surface area contributed by atoms with Crippen molar-refractivity contribution in [3.8, 4) is 17.3 Å². The number of anilines is 2. The van der Waals surface area contributed by atoms with Gasteiger partial charge in [0.25, 0.3) is 5.88 Å². The Bertz CT molecular complexity index is 952. The lowest BCUT2D eigenvalue weighted by Gasteiger charge is -2.08. The molecule has 0 spiro atoms. The van der Waals surface area contributed by atoms with E-state index in [1.54, 1.807) is 16.8 Å². The van der Waals surface area contributed by atoms with Gasteiger partial charge in [-0.3, -0.25) is 0 Å². The van der Waals surface area contributed by atoms with Gasteiger partial charge in [0.1, 0.15) is 6.33 Å². The van der Waals surface area contributed by atoms with Crippen LogP contribution in [0.2, 0.25) is 0 Å². The molecule has 9 nitrogen and oxygen atoms in total. The summed E-state index contributed by atoms with van der Waals surface area (Å²) in [5, 5.41) is 17.6. The lowest BCUT2D eigenvalue weighted by atomic mass is 10.2. The first kappa shape index (κ1) is 13.5. The zero-order chi connectivity index (χ0) is 15.6. The number of hydrogen-bond donors (Lipinski definition) is 2.